The smallest absolute Gasteiger partial charge is 0.303 e. The number of fused-ring (bicyclic) bond motifs is 1. The molecule has 7 nitrogen and oxygen atoms in total. The molecule has 1 aliphatic heterocycles. The highest BCUT2D eigenvalue weighted by Crippen LogP contribution is 2.51. The summed E-state index contributed by atoms with van der Waals surface area (Å²) in [6.07, 6.45) is 0.709. The summed E-state index contributed by atoms with van der Waals surface area (Å²) in [6.45, 7) is 13.4. The Balaban J connectivity index is 1.86. The fourth-order valence-electron chi connectivity index (χ4n) is 5.53. The van der Waals surface area contributed by atoms with E-state index >= 15 is 0 Å². The van der Waals surface area contributed by atoms with Crippen molar-refractivity contribution in [1.29, 1.82) is 0 Å². The summed E-state index contributed by atoms with van der Waals surface area (Å²) in [7, 11) is 0. The molecule has 0 unspecified atom stereocenters. The van der Waals surface area contributed by atoms with Gasteiger partial charge in [0.15, 0.2) is 17.6 Å². The van der Waals surface area contributed by atoms with Crippen LogP contribution < -0.4 is 4.74 Å². The lowest BCUT2D eigenvalue weighted by Crippen LogP contribution is -2.59. The predicted molar refractivity (Wildman–Crippen MR) is 134 cm³/mol. The highest BCUT2D eigenvalue weighted by Gasteiger charge is 2.46. The number of allylic oxidation sites excluding steroid dienone is 2. The van der Waals surface area contributed by atoms with E-state index in [4.69, 9.17) is 14.2 Å². The van der Waals surface area contributed by atoms with Crippen molar-refractivity contribution in [3.8, 4) is 11.5 Å². The van der Waals surface area contributed by atoms with Crippen LogP contribution in [0.25, 0.3) is 0 Å². The summed E-state index contributed by atoms with van der Waals surface area (Å²) >= 11 is 0. The third-order valence-electron chi connectivity index (χ3n) is 7.49. The van der Waals surface area contributed by atoms with Gasteiger partial charge in [0, 0.05) is 12.5 Å². The van der Waals surface area contributed by atoms with E-state index in [-0.39, 0.29) is 17.4 Å². The Hall–Kier alpha value is -2.09. The van der Waals surface area contributed by atoms with Gasteiger partial charge in [0.2, 0.25) is 6.29 Å². The first-order valence-electron chi connectivity index (χ1n) is 12.8. The molecule has 7 heteroatoms. The number of carbonyl (C=O) groups excluding carboxylic acids is 1. The molecule has 196 valence electrons. The summed E-state index contributed by atoms with van der Waals surface area (Å²) in [4.78, 5) is 11.4. The van der Waals surface area contributed by atoms with Gasteiger partial charge >= 0.3 is 5.97 Å². The van der Waals surface area contributed by atoms with E-state index in [1.807, 2.05) is 6.92 Å². The molecule has 0 aromatic heterocycles. The minimum Gasteiger partial charge on any atom is -0.504 e. The number of aryl methyl sites for hydroxylation is 1. The number of aliphatic hydroxyl groups is 2. The van der Waals surface area contributed by atoms with Crippen molar-refractivity contribution < 1.29 is 34.3 Å². The number of hydrogen-bond donors (Lipinski definition) is 3. The number of benzene rings is 1. The van der Waals surface area contributed by atoms with Crippen molar-refractivity contribution in [3.05, 3.63) is 34.4 Å². The van der Waals surface area contributed by atoms with Crippen LogP contribution in [0, 0.1) is 12.8 Å². The van der Waals surface area contributed by atoms with Gasteiger partial charge in [0.05, 0.1) is 6.10 Å². The van der Waals surface area contributed by atoms with Crippen LogP contribution in [0.15, 0.2) is 17.7 Å². The number of hydrogen-bond acceptors (Lipinski definition) is 7. The van der Waals surface area contributed by atoms with Gasteiger partial charge in [0.1, 0.15) is 12.2 Å². The number of esters is 1. The van der Waals surface area contributed by atoms with Crippen LogP contribution in [-0.4, -0.2) is 52.0 Å². The Morgan fingerprint density at radius 3 is 2.51 bits per heavy atom. The first kappa shape index (κ1) is 27.5. The van der Waals surface area contributed by atoms with Crippen LogP contribution in [0.1, 0.15) is 95.8 Å². The van der Waals surface area contributed by atoms with E-state index in [0.717, 1.165) is 36.8 Å². The maximum Gasteiger partial charge on any atom is 0.303 e. The van der Waals surface area contributed by atoms with Gasteiger partial charge in [-0.25, -0.2) is 0 Å². The van der Waals surface area contributed by atoms with Crippen molar-refractivity contribution in [1.82, 2.24) is 0 Å². The highest BCUT2D eigenvalue weighted by atomic mass is 16.7. The van der Waals surface area contributed by atoms with Crippen molar-refractivity contribution in [2.24, 2.45) is 5.92 Å². The molecule has 1 heterocycles. The summed E-state index contributed by atoms with van der Waals surface area (Å²) < 4.78 is 16.9. The molecule has 0 bridgehead atoms. The normalized spacial score (nSPS) is 31.3. The Bertz CT molecular complexity index is 936. The second-order valence-electron chi connectivity index (χ2n) is 10.7. The molecule has 0 spiro atoms. The third-order valence-corrected chi connectivity index (χ3v) is 7.49. The summed E-state index contributed by atoms with van der Waals surface area (Å²) in [5.41, 5.74) is 4.14. The number of phenols is 1. The Labute approximate surface area is 209 Å². The van der Waals surface area contributed by atoms with E-state index in [1.165, 1.54) is 18.1 Å². The molecule has 8 atom stereocenters. The number of rotatable bonds is 7. The van der Waals surface area contributed by atoms with Crippen LogP contribution >= 0.6 is 0 Å². The van der Waals surface area contributed by atoms with E-state index in [2.05, 4.69) is 39.8 Å². The average Bonchev–Trinajstić information content (AvgIpc) is 2.76. The SMILES string of the molecule is CC(=O)O[C@H]1[C@H](O)[C@@H](O)[C@H](Oc2c(C)cc3c(c2O)[C@@H](C)CC[C@@H]3[C@@H](C)CCC=C(C)C)O[C@@H]1C. The first-order chi connectivity index (χ1) is 16.4. The molecule has 3 rings (SSSR count). The maximum absolute atomic E-state index is 11.4. The lowest BCUT2D eigenvalue weighted by atomic mass is 9.70. The fraction of sp³-hybridized carbons (Fsp3) is 0.679. The van der Waals surface area contributed by atoms with E-state index in [1.54, 1.807) is 6.92 Å². The second kappa shape index (κ2) is 11.3. The molecular weight excluding hydrogens is 448 g/mol. The molecule has 3 N–H and O–H groups in total. The lowest BCUT2D eigenvalue weighted by Gasteiger charge is -2.41. The molecule has 0 amide bonds. The summed E-state index contributed by atoms with van der Waals surface area (Å²) in [5.74, 6) is 0.757. The minimum atomic E-state index is -1.45. The van der Waals surface area contributed by atoms with Gasteiger partial charge in [-0.05, 0) is 82.3 Å². The minimum absolute atomic E-state index is 0.0775. The van der Waals surface area contributed by atoms with Crippen molar-refractivity contribution in [2.45, 2.75) is 117 Å². The molecule has 1 aliphatic carbocycles. The van der Waals surface area contributed by atoms with Gasteiger partial charge in [0.25, 0.3) is 0 Å². The van der Waals surface area contributed by atoms with Crippen LogP contribution in [0.2, 0.25) is 0 Å². The Morgan fingerprint density at radius 1 is 1.20 bits per heavy atom. The second-order valence-corrected chi connectivity index (χ2v) is 10.7. The Morgan fingerprint density at radius 2 is 1.89 bits per heavy atom. The van der Waals surface area contributed by atoms with Crippen LogP contribution in [0.5, 0.6) is 11.5 Å². The van der Waals surface area contributed by atoms with Gasteiger partial charge < -0.3 is 29.5 Å². The summed E-state index contributed by atoms with van der Waals surface area (Å²) in [5, 5.41) is 32.5. The zero-order valence-electron chi connectivity index (χ0n) is 22.1. The van der Waals surface area contributed by atoms with Crippen LogP contribution in [0.4, 0.5) is 0 Å². The molecule has 0 saturated carbocycles. The quantitative estimate of drug-likeness (QED) is 0.371. The van der Waals surface area contributed by atoms with Crippen LogP contribution in [0.3, 0.4) is 0 Å². The molecule has 2 aliphatic rings. The lowest BCUT2D eigenvalue weighted by molar-refractivity contribution is -0.272. The molecule has 35 heavy (non-hydrogen) atoms. The molecule has 1 aromatic rings. The molecule has 0 radical (unpaired) electrons. The molecule has 1 aromatic carbocycles. The number of phenolic OH excluding ortho intramolecular Hbond substituents is 1. The maximum atomic E-state index is 11.4. The third kappa shape index (κ3) is 6.01. The monoisotopic (exact) mass is 490 g/mol. The average molecular weight is 491 g/mol. The Kier molecular flexibility index (Phi) is 8.89. The first-order valence-corrected chi connectivity index (χ1v) is 12.8. The zero-order chi connectivity index (χ0) is 26.0. The van der Waals surface area contributed by atoms with Crippen molar-refractivity contribution >= 4 is 5.97 Å². The van der Waals surface area contributed by atoms with Crippen LogP contribution in [-0.2, 0) is 14.3 Å². The number of aromatic hydroxyl groups is 1. The predicted octanol–water partition coefficient (Wildman–Crippen LogP) is 4.84. The molecular formula is C28H42O7. The van der Waals surface area contributed by atoms with E-state index in [0.29, 0.717) is 11.8 Å². The standard InChI is InChI=1S/C28H42O7/c1-14(2)9-8-10-15(3)20-12-11-16(4)22-21(20)13-17(5)26(23(22)30)35-28-25(32)24(31)27(18(6)33-28)34-19(7)29/h9,13,15-16,18,20,24-25,27-28,30-32H,8,10-12H2,1-7H3/t15-,16-,18+,20+,24+,25+,27+,28-/m0/s1. The zero-order valence-corrected chi connectivity index (χ0v) is 22.1. The van der Waals surface area contributed by atoms with Gasteiger partial charge in [-0.2, -0.15) is 0 Å². The van der Waals surface area contributed by atoms with E-state index in [9.17, 15) is 20.1 Å². The number of ether oxygens (including phenoxy) is 3. The van der Waals surface area contributed by atoms with Gasteiger partial charge in [-0.1, -0.05) is 31.6 Å². The number of aliphatic hydroxyl groups excluding tert-OH is 2. The van der Waals surface area contributed by atoms with Gasteiger partial charge in [-0.3, -0.25) is 4.79 Å². The highest BCUT2D eigenvalue weighted by molar-refractivity contribution is 5.66. The van der Waals surface area contributed by atoms with Gasteiger partial charge in [-0.15, -0.1) is 0 Å². The largest absolute Gasteiger partial charge is 0.504 e. The summed E-state index contributed by atoms with van der Waals surface area (Å²) in [6, 6.07) is 2.10. The molecule has 1 saturated heterocycles. The topological polar surface area (TPSA) is 105 Å². The van der Waals surface area contributed by atoms with Crippen molar-refractivity contribution in [2.75, 3.05) is 0 Å². The fourth-order valence-corrected chi connectivity index (χ4v) is 5.53. The van der Waals surface area contributed by atoms with Crippen molar-refractivity contribution in [3.63, 3.8) is 0 Å². The van der Waals surface area contributed by atoms with E-state index < -0.39 is 36.7 Å². The molecule has 1 fully saturated rings. The number of carbonyl (C=O) groups is 1.